The first-order valence-corrected chi connectivity index (χ1v) is 9.09. The number of hydrogen-bond acceptors (Lipinski definition) is 5. The van der Waals surface area contributed by atoms with Crippen LogP contribution in [0.1, 0.15) is 17.5 Å². The molecule has 0 spiro atoms. The highest BCUT2D eigenvalue weighted by Crippen LogP contribution is 2.27. The second-order valence-corrected chi connectivity index (χ2v) is 6.79. The molecule has 1 fully saturated rings. The first-order chi connectivity index (χ1) is 13.5. The van der Waals surface area contributed by atoms with E-state index in [0.717, 1.165) is 11.1 Å². The van der Waals surface area contributed by atoms with Gasteiger partial charge in [-0.25, -0.2) is 4.79 Å². The van der Waals surface area contributed by atoms with Crippen molar-refractivity contribution in [2.45, 2.75) is 32.1 Å². The summed E-state index contributed by atoms with van der Waals surface area (Å²) in [6.07, 6.45) is -1.25. The summed E-state index contributed by atoms with van der Waals surface area (Å²) in [7, 11) is 1.52. The fourth-order valence-electron chi connectivity index (χ4n) is 3.20. The van der Waals surface area contributed by atoms with E-state index in [0.29, 0.717) is 11.4 Å². The normalized spacial score (nSPS) is 18.6. The summed E-state index contributed by atoms with van der Waals surface area (Å²) in [6, 6.07) is 13.9. The van der Waals surface area contributed by atoms with Gasteiger partial charge in [-0.1, -0.05) is 36.4 Å². The van der Waals surface area contributed by atoms with E-state index in [1.165, 1.54) is 12.0 Å². The predicted molar refractivity (Wildman–Crippen MR) is 104 cm³/mol. The molecule has 1 heterocycles. The minimum Gasteiger partial charge on any atom is -0.495 e. The molecule has 2 amide bonds. The Morgan fingerprint density at radius 2 is 1.96 bits per heavy atom. The van der Waals surface area contributed by atoms with Crippen LogP contribution in [-0.4, -0.2) is 47.8 Å². The number of aliphatic hydroxyl groups is 1. The molecule has 0 aliphatic carbocycles. The van der Waals surface area contributed by atoms with Crippen LogP contribution in [0.2, 0.25) is 0 Å². The van der Waals surface area contributed by atoms with Gasteiger partial charge in [0.2, 0.25) is 5.91 Å². The molecule has 1 aliphatic rings. The van der Waals surface area contributed by atoms with E-state index < -0.39 is 24.1 Å². The van der Waals surface area contributed by atoms with Crippen molar-refractivity contribution in [1.29, 1.82) is 0 Å². The summed E-state index contributed by atoms with van der Waals surface area (Å²) < 4.78 is 10.6. The molecule has 0 unspecified atom stereocenters. The average molecular weight is 384 g/mol. The van der Waals surface area contributed by atoms with Gasteiger partial charge in [0.15, 0.2) is 0 Å². The number of ether oxygens (including phenoxy) is 2. The van der Waals surface area contributed by atoms with Gasteiger partial charge < -0.3 is 19.9 Å². The van der Waals surface area contributed by atoms with Crippen LogP contribution in [-0.2, 0) is 16.1 Å². The molecule has 2 atom stereocenters. The largest absolute Gasteiger partial charge is 0.495 e. The molecule has 28 heavy (non-hydrogen) atoms. The third-order valence-electron chi connectivity index (χ3n) is 4.63. The highest BCUT2D eigenvalue weighted by atomic mass is 16.6. The molecule has 0 radical (unpaired) electrons. The van der Waals surface area contributed by atoms with Crippen LogP contribution < -0.4 is 10.1 Å². The molecular weight excluding hydrogens is 360 g/mol. The lowest BCUT2D eigenvalue weighted by molar-refractivity contribution is -0.120. The van der Waals surface area contributed by atoms with Crippen molar-refractivity contribution in [3.8, 4) is 5.75 Å². The third kappa shape index (κ3) is 4.61. The first kappa shape index (κ1) is 19.7. The number of hydrogen-bond donors (Lipinski definition) is 2. The SMILES string of the molecule is COc1ccc(C)cc1NC(=O)[C@@H]1C[C@H](O)CN1C(=O)OCc1ccccc1. The maximum Gasteiger partial charge on any atom is 0.410 e. The number of amides is 2. The number of carbonyl (C=O) groups excluding carboxylic acids is 2. The predicted octanol–water partition coefficient (Wildman–Crippen LogP) is 2.71. The lowest BCUT2D eigenvalue weighted by Crippen LogP contribution is -2.43. The standard InChI is InChI=1S/C21H24N2O5/c1-14-8-9-19(27-2)17(10-14)22-20(25)18-11-16(24)12-23(18)21(26)28-13-15-6-4-3-5-7-15/h3-10,16,18,24H,11-13H2,1-2H3,(H,22,25)/t16-,18-/m0/s1. The van der Waals surface area contributed by atoms with Crippen LogP contribution in [0, 0.1) is 6.92 Å². The number of methoxy groups -OCH3 is 1. The van der Waals surface area contributed by atoms with Crippen molar-refractivity contribution in [3.63, 3.8) is 0 Å². The Labute approximate surface area is 163 Å². The molecule has 3 rings (SSSR count). The lowest BCUT2D eigenvalue weighted by Gasteiger charge is -2.23. The molecule has 7 nitrogen and oxygen atoms in total. The van der Waals surface area contributed by atoms with Crippen molar-refractivity contribution < 1.29 is 24.2 Å². The van der Waals surface area contributed by atoms with Crippen LogP contribution in [0.5, 0.6) is 5.75 Å². The second kappa shape index (κ2) is 8.75. The van der Waals surface area contributed by atoms with Crippen molar-refractivity contribution in [2.24, 2.45) is 0 Å². The van der Waals surface area contributed by atoms with Gasteiger partial charge >= 0.3 is 6.09 Å². The van der Waals surface area contributed by atoms with Crippen LogP contribution >= 0.6 is 0 Å². The van der Waals surface area contributed by atoms with E-state index in [1.54, 1.807) is 12.1 Å². The number of likely N-dealkylation sites (tertiary alicyclic amines) is 1. The Kier molecular flexibility index (Phi) is 6.16. The molecule has 2 aromatic rings. The number of benzene rings is 2. The maximum absolute atomic E-state index is 12.8. The first-order valence-electron chi connectivity index (χ1n) is 9.09. The van der Waals surface area contributed by atoms with Gasteiger partial charge in [0.25, 0.3) is 0 Å². The Balaban J connectivity index is 1.68. The van der Waals surface area contributed by atoms with Gasteiger partial charge in [-0.05, 0) is 30.2 Å². The van der Waals surface area contributed by atoms with E-state index in [1.807, 2.05) is 43.3 Å². The summed E-state index contributed by atoms with van der Waals surface area (Å²) in [4.78, 5) is 26.6. The molecule has 148 valence electrons. The van der Waals surface area contributed by atoms with Gasteiger partial charge in [-0.2, -0.15) is 0 Å². The number of β-amino-alcohol motifs (C(OH)–C–C–N with tert-alkyl or cyclic N) is 1. The Bertz CT molecular complexity index is 840. The maximum atomic E-state index is 12.8. The zero-order chi connectivity index (χ0) is 20.1. The van der Waals surface area contributed by atoms with Crippen LogP contribution in [0.4, 0.5) is 10.5 Å². The highest BCUT2D eigenvalue weighted by molar-refractivity contribution is 5.98. The minimum atomic E-state index is -0.816. The number of anilines is 1. The van der Waals surface area contributed by atoms with Crippen molar-refractivity contribution in [1.82, 2.24) is 4.90 Å². The van der Waals surface area contributed by atoms with Gasteiger partial charge in [0.1, 0.15) is 18.4 Å². The molecule has 2 N–H and O–H groups in total. The number of carbonyl (C=O) groups is 2. The summed E-state index contributed by atoms with van der Waals surface area (Å²) in [6.45, 7) is 2.06. The van der Waals surface area contributed by atoms with Gasteiger partial charge in [-0.15, -0.1) is 0 Å². The molecule has 7 heteroatoms. The Hall–Kier alpha value is -3.06. The number of aryl methyl sites for hydroxylation is 1. The highest BCUT2D eigenvalue weighted by Gasteiger charge is 2.40. The fraction of sp³-hybridized carbons (Fsp3) is 0.333. The molecule has 0 bridgehead atoms. The van der Waals surface area contributed by atoms with Crippen LogP contribution in [0.25, 0.3) is 0 Å². The minimum absolute atomic E-state index is 0.0522. The number of rotatable bonds is 5. The third-order valence-corrected chi connectivity index (χ3v) is 4.63. The number of nitrogens with one attached hydrogen (secondary N) is 1. The van der Waals surface area contributed by atoms with E-state index in [2.05, 4.69) is 5.32 Å². The van der Waals surface area contributed by atoms with E-state index >= 15 is 0 Å². The van der Waals surface area contributed by atoms with Gasteiger partial charge in [-0.3, -0.25) is 9.69 Å². The Morgan fingerprint density at radius 3 is 2.68 bits per heavy atom. The van der Waals surface area contributed by atoms with E-state index in [-0.39, 0.29) is 19.6 Å². The fourth-order valence-corrected chi connectivity index (χ4v) is 3.20. The van der Waals surface area contributed by atoms with Crippen molar-refractivity contribution >= 4 is 17.7 Å². The topological polar surface area (TPSA) is 88.1 Å². The summed E-state index contributed by atoms with van der Waals surface area (Å²) in [5.74, 6) is 0.132. The molecule has 0 aromatic heterocycles. The lowest BCUT2D eigenvalue weighted by atomic mass is 10.1. The monoisotopic (exact) mass is 384 g/mol. The number of aliphatic hydroxyl groups excluding tert-OH is 1. The van der Waals surface area contributed by atoms with Crippen molar-refractivity contribution in [2.75, 3.05) is 19.0 Å². The molecular formula is C21H24N2O5. The number of nitrogens with zero attached hydrogens (tertiary/aromatic N) is 1. The summed E-state index contributed by atoms with van der Waals surface area (Å²) in [5.41, 5.74) is 2.33. The molecule has 2 aromatic carbocycles. The summed E-state index contributed by atoms with van der Waals surface area (Å²) >= 11 is 0. The smallest absolute Gasteiger partial charge is 0.410 e. The zero-order valence-corrected chi connectivity index (χ0v) is 15.9. The summed E-state index contributed by atoms with van der Waals surface area (Å²) in [5, 5.41) is 12.8. The molecule has 1 aliphatic heterocycles. The van der Waals surface area contributed by atoms with Crippen molar-refractivity contribution in [3.05, 3.63) is 59.7 Å². The molecule has 1 saturated heterocycles. The quantitative estimate of drug-likeness (QED) is 0.828. The average Bonchev–Trinajstić information content (AvgIpc) is 3.09. The van der Waals surface area contributed by atoms with Crippen LogP contribution in [0.15, 0.2) is 48.5 Å². The Morgan fingerprint density at radius 1 is 1.21 bits per heavy atom. The van der Waals surface area contributed by atoms with E-state index in [9.17, 15) is 14.7 Å². The van der Waals surface area contributed by atoms with Gasteiger partial charge in [0.05, 0.1) is 25.4 Å². The zero-order valence-electron chi connectivity index (χ0n) is 15.9. The second-order valence-electron chi connectivity index (χ2n) is 6.79. The molecule has 0 saturated carbocycles. The van der Waals surface area contributed by atoms with Crippen LogP contribution in [0.3, 0.4) is 0 Å². The van der Waals surface area contributed by atoms with Gasteiger partial charge in [0, 0.05) is 6.42 Å². The van der Waals surface area contributed by atoms with E-state index in [4.69, 9.17) is 9.47 Å².